The van der Waals surface area contributed by atoms with E-state index >= 15 is 0 Å². The summed E-state index contributed by atoms with van der Waals surface area (Å²) in [5.41, 5.74) is 1.14. The summed E-state index contributed by atoms with van der Waals surface area (Å²) in [6, 6.07) is 5.04. The van der Waals surface area contributed by atoms with Crippen LogP contribution in [0, 0.1) is 12.8 Å². The van der Waals surface area contributed by atoms with Gasteiger partial charge in [-0.25, -0.2) is 8.42 Å². The zero-order valence-corrected chi connectivity index (χ0v) is 16.6. The number of carbonyl (C=O) groups is 1. The molecule has 1 saturated heterocycles. The molecule has 1 aromatic carbocycles. The third-order valence-electron chi connectivity index (χ3n) is 4.62. The molecule has 0 spiro atoms. The van der Waals surface area contributed by atoms with E-state index in [-0.39, 0.29) is 10.8 Å². The maximum absolute atomic E-state index is 13.0. The summed E-state index contributed by atoms with van der Waals surface area (Å²) in [7, 11) is -3.54. The molecule has 2 rings (SSSR count). The highest BCUT2D eigenvalue weighted by Crippen LogP contribution is 2.25. The number of benzene rings is 1. The number of rotatable bonds is 6. The number of hydrogen-bond acceptors (Lipinski definition) is 3. The molecular formula is C19H30N2O3S. The Labute approximate surface area is 152 Å². The Morgan fingerprint density at radius 1 is 1.20 bits per heavy atom. The molecule has 0 radical (unpaired) electrons. The summed E-state index contributed by atoms with van der Waals surface area (Å²) >= 11 is 0. The lowest BCUT2D eigenvalue weighted by Gasteiger charge is -2.27. The predicted octanol–water partition coefficient (Wildman–Crippen LogP) is 3.29. The molecule has 0 aliphatic carbocycles. The molecule has 1 heterocycles. The predicted molar refractivity (Wildman–Crippen MR) is 100 cm³/mol. The number of aryl methyl sites for hydroxylation is 1. The average molecular weight is 367 g/mol. The van der Waals surface area contributed by atoms with E-state index < -0.39 is 10.0 Å². The molecule has 1 aliphatic heterocycles. The van der Waals surface area contributed by atoms with Crippen LogP contribution >= 0.6 is 0 Å². The standard InChI is InChI=1S/C19H30N2O3S/c1-5-20(14-15(2)3)19(22)17-10-9-16(4)18(13-17)25(23,24)21-11-7-6-8-12-21/h9-10,13,15H,5-8,11-12,14H2,1-4H3. The number of sulfonamides is 1. The van der Waals surface area contributed by atoms with Crippen LogP contribution in [0.3, 0.4) is 0 Å². The van der Waals surface area contributed by atoms with Gasteiger partial charge in [-0.15, -0.1) is 0 Å². The lowest BCUT2D eigenvalue weighted by molar-refractivity contribution is 0.0745. The Balaban J connectivity index is 2.35. The van der Waals surface area contributed by atoms with Gasteiger partial charge in [0.05, 0.1) is 4.90 Å². The topological polar surface area (TPSA) is 57.7 Å². The van der Waals surface area contributed by atoms with Crippen LogP contribution in [-0.2, 0) is 10.0 Å². The first-order valence-electron chi connectivity index (χ1n) is 9.17. The van der Waals surface area contributed by atoms with E-state index in [1.165, 1.54) is 0 Å². The second kappa shape index (κ2) is 8.32. The van der Waals surface area contributed by atoms with Crippen LogP contribution in [0.5, 0.6) is 0 Å². The minimum Gasteiger partial charge on any atom is -0.339 e. The maximum atomic E-state index is 13.0. The van der Waals surface area contributed by atoms with Crippen molar-refractivity contribution in [2.45, 2.75) is 51.9 Å². The van der Waals surface area contributed by atoms with E-state index in [0.717, 1.165) is 19.3 Å². The minimum atomic E-state index is -3.54. The van der Waals surface area contributed by atoms with Crippen molar-refractivity contribution in [3.63, 3.8) is 0 Å². The Hall–Kier alpha value is -1.40. The van der Waals surface area contributed by atoms with Crippen molar-refractivity contribution in [1.82, 2.24) is 9.21 Å². The first-order valence-corrected chi connectivity index (χ1v) is 10.6. The number of carbonyl (C=O) groups excluding carboxylic acids is 1. The maximum Gasteiger partial charge on any atom is 0.253 e. The van der Waals surface area contributed by atoms with Crippen molar-refractivity contribution in [3.05, 3.63) is 29.3 Å². The fraction of sp³-hybridized carbons (Fsp3) is 0.632. The van der Waals surface area contributed by atoms with Crippen LogP contribution in [-0.4, -0.2) is 49.7 Å². The fourth-order valence-electron chi connectivity index (χ4n) is 3.23. The lowest BCUT2D eigenvalue weighted by atomic mass is 10.1. The zero-order chi connectivity index (χ0) is 18.6. The van der Waals surface area contributed by atoms with Gasteiger partial charge in [0.1, 0.15) is 0 Å². The zero-order valence-electron chi connectivity index (χ0n) is 15.8. The van der Waals surface area contributed by atoms with Gasteiger partial charge in [-0.2, -0.15) is 4.31 Å². The van der Waals surface area contributed by atoms with Crippen LogP contribution in [0.15, 0.2) is 23.1 Å². The summed E-state index contributed by atoms with van der Waals surface area (Å²) in [4.78, 5) is 14.8. The van der Waals surface area contributed by atoms with E-state index in [2.05, 4.69) is 13.8 Å². The molecule has 0 bridgehead atoms. The van der Waals surface area contributed by atoms with Crippen LogP contribution in [0.4, 0.5) is 0 Å². The molecule has 0 unspecified atom stereocenters. The molecule has 0 aromatic heterocycles. The SMILES string of the molecule is CCN(CC(C)C)C(=O)c1ccc(C)c(S(=O)(=O)N2CCCCC2)c1. The van der Waals surface area contributed by atoms with Gasteiger partial charge in [0.15, 0.2) is 0 Å². The second-order valence-electron chi connectivity index (χ2n) is 7.18. The molecule has 1 amide bonds. The van der Waals surface area contributed by atoms with Crippen LogP contribution in [0.25, 0.3) is 0 Å². The summed E-state index contributed by atoms with van der Waals surface area (Å²) in [5.74, 6) is 0.261. The van der Waals surface area contributed by atoms with Crippen molar-refractivity contribution in [1.29, 1.82) is 0 Å². The quantitative estimate of drug-likeness (QED) is 0.776. The van der Waals surface area contributed by atoms with E-state index in [1.54, 1.807) is 34.3 Å². The molecule has 1 aromatic rings. The first-order chi connectivity index (χ1) is 11.8. The van der Waals surface area contributed by atoms with E-state index in [1.807, 2.05) is 6.92 Å². The van der Waals surface area contributed by atoms with Crippen molar-refractivity contribution < 1.29 is 13.2 Å². The van der Waals surface area contributed by atoms with Crippen molar-refractivity contribution in [2.24, 2.45) is 5.92 Å². The van der Waals surface area contributed by atoms with E-state index in [9.17, 15) is 13.2 Å². The fourth-order valence-corrected chi connectivity index (χ4v) is 5.00. The van der Waals surface area contributed by atoms with E-state index in [4.69, 9.17) is 0 Å². The third-order valence-corrected chi connectivity index (χ3v) is 6.66. The number of piperidine rings is 1. The summed E-state index contributed by atoms with van der Waals surface area (Å²) in [6.45, 7) is 10.3. The number of hydrogen-bond donors (Lipinski definition) is 0. The summed E-state index contributed by atoms with van der Waals surface area (Å²) in [5, 5.41) is 0. The smallest absolute Gasteiger partial charge is 0.253 e. The molecule has 5 nitrogen and oxygen atoms in total. The molecular weight excluding hydrogens is 336 g/mol. The van der Waals surface area contributed by atoms with Gasteiger partial charge in [-0.1, -0.05) is 26.3 Å². The van der Waals surface area contributed by atoms with Gasteiger partial charge in [0.25, 0.3) is 5.91 Å². The van der Waals surface area contributed by atoms with Crippen molar-refractivity contribution >= 4 is 15.9 Å². The van der Waals surface area contributed by atoms with Crippen molar-refractivity contribution in [3.8, 4) is 0 Å². The monoisotopic (exact) mass is 366 g/mol. The Morgan fingerprint density at radius 3 is 2.40 bits per heavy atom. The Bertz CT molecular complexity index is 707. The van der Waals surface area contributed by atoms with Gasteiger partial charge in [0.2, 0.25) is 10.0 Å². The molecule has 0 saturated carbocycles. The molecule has 0 N–H and O–H groups in total. The molecule has 0 atom stereocenters. The summed E-state index contributed by atoms with van der Waals surface area (Å²) < 4.78 is 27.6. The van der Waals surface area contributed by atoms with Crippen LogP contribution < -0.4 is 0 Å². The first kappa shape index (κ1) is 19.9. The number of amides is 1. The van der Waals surface area contributed by atoms with Gasteiger partial charge < -0.3 is 4.90 Å². The lowest BCUT2D eigenvalue weighted by Crippen LogP contribution is -2.36. The largest absolute Gasteiger partial charge is 0.339 e. The second-order valence-corrected chi connectivity index (χ2v) is 9.09. The average Bonchev–Trinajstić information content (AvgIpc) is 2.60. The van der Waals surface area contributed by atoms with Gasteiger partial charge in [-0.3, -0.25) is 4.79 Å². The highest BCUT2D eigenvalue weighted by molar-refractivity contribution is 7.89. The highest BCUT2D eigenvalue weighted by atomic mass is 32.2. The van der Waals surface area contributed by atoms with E-state index in [0.29, 0.717) is 43.2 Å². The molecule has 25 heavy (non-hydrogen) atoms. The highest BCUT2D eigenvalue weighted by Gasteiger charge is 2.28. The normalized spacial score (nSPS) is 16.2. The molecule has 1 fully saturated rings. The molecule has 6 heteroatoms. The van der Waals surface area contributed by atoms with Gasteiger partial charge in [0, 0.05) is 31.7 Å². The van der Waals surface area contributed by atoms with Gasteiger partial charge in [-0.05, 0) is 50.3 Å². The third kappa shape index (κ3) is 4.61. The van der Waals surface area contributed by atoms with Gasteiger partial charge >= 0.3 is 0 Å². The molecule has 1 aliphatic rings. The summed E-state index contributed by atoms with van der Waals surface area (Å²) in [6.07, 6.45) is 2.87. The number of nitrogens with zero attached hydrogens (tertiary/aromatic N) is 2. The molecule has 140 valence electrons. The van der Waals surface area contributed by atoms with Crippen molar-refractivity contribution in [2.75, 3.05) is 26.2 Å². The Kier molecular flexibility index (Phi) is 6.63. The van der Waals surface area contributed by atoms with Crippen LogP contribution in [0.1, 0.15) is 56.0 Å². The van der Waals surface area contributed by atoms with Crippen LogP contribution in [0.2, 0.25) is 0 Å². The minimum absolute atomic E-state index is 0.105. The Morgan fingerprint density at radius 2 is 1.84 bits per heavy atom.